The van der Waals surface area contributed by atoms with Crippen molar-refractivity contribution in [3.8, 4) is 0 Å². The van der Waals surface area contributed by atoms with Gasteiger partial charge < -0.3 is 4.74 Å². The Balaban J connectivity index is 1.25. The van der Waals surface area contributed by atoms with E-state index in [1.807, 2.05) is 0 Å². The van der Waals surface area contributed by atoms with Gasteiger partial charge in [0.25, 0.3) is 0 Å². The van der Waals surface area contributed by atoms with Gasteiger partial charge in [0.15, 0.2) is 0 Å². The van der Waals surface area contributed by atoms with Gasteiger partial charge in [0, 0.05) is 11.4 Å². The minimum atomic E-state index is -0.331. The highest BCUT2D eigenvalue weighted by atomic mass is 35.5. The molecule has 0 saturated heterocycles. The van der Waals surface area contributed by atoms with Gasteiger partial charge in [0.05, 0.1) is 10.6 Å². The zero-order valence-corrected chi connectivity index (χ0v) is 25.7. The van der Waals surface area contributed by atoms with Crippen molar-refractivity contribution in [3.05, 3.63) is 45.5 Å². The second-order valence-electron chi connectivity index (χ2n) is 14.2. The predicted molar refractivity (Wildman–Crippen MR) is 159 cm³/mol. The molecule has 4 aliphatic rings. The number of hydrogen-bond acceptors (Lipinski definition) is 2. The smallest absolute Gasteiger partial charge is 0.339 e. The number of esters is 1. The summed E-state index contributed by atoms with van der Waals surface area (Å²) >= 11 is 12.3. The molecule has 210 valence electrons. The molecular weight excluding hydrogens is 511 g/mol. The summed E-state index contributed by atoms with van der Waals surface area (Å²) in [5, 5.41) is 0.886. The Labute approximate surface area is 241 Å². The van der Waals surface area contributed by atoms with Crippen molar-refractivity contribution in [2.45, 2.75) is 111 Å². The number of allylic oxidation sites excluding steroid dienone is 1. The number of halogens is 2. The lowest BCUT2D eigenvalue weighted by Crippen LogP contribution is -2.51. The normalized spacial score (nSPS) is 37.2. The summed E-state index contributed by atoms with van der Waals surface area (Å²) < 4.78 is 5.99. The van der Waals surface area contributed by atoms with E-state index < -0.39 is 0 Å². The quantitative estimate of drug-likeness (QED) is 0.245. The molecule has 0 aromatic heterocycles. The van der Waals surface area contributed by atoms with Gasteiger partial charge in [-0.15, -0.1) is 0 Å². The van der Waals surface area contributed by atoms with Crippen LogP contribution < -0.4 is 0 Å². The Morgan fingerprint density at radius 1 is 1.03 bits per heavy atom. The summed E-state index contributed by atoms with van der Waals surface area (Å²) in [4.78, 5) is 12.9. The van der Waals surface area contributed by atoms with E-state index in [0.717, 1.165) is 54.8 Å². The van der Waals surface area contributed by atoms with Crippen LogP contribution in [0.4, 0.5) is 0 Å². The molecule has 0 bridgehead atoms. The lowest BCUT2D eigenvalue weighted by molar-refractivity contribution is -0.0594. The monoisotopic (exact) mass is 558 g/mol. The number of benzene rings is 1. The molecule has 3 saturated carbocycles. The van der Waals surface area contributed by atoms with Crippen molar-refractivity contribution >= 4 is 29.2 Å². The molecule has 0 heterocycles. The Hall–Kier alpha value is -0.990. The van der Waals surface area contributed by atoms with Crippen LogP contribution in [0.3, 0.4) is 0 Å². The molecule has 1 aromatic rings. The summed E-state index contributed by atoms with van der Waals surface area (Å²) in [5.41, 5.74) is 2.73. The van der Waals surface area contributed by atoms with Gasteiger partial charge in [0.2, 0.25) is 0 Å². The second-order valence-corrected chi connectivity index (χ2v) is 15.0. The van der Waals surface area contributed by atoms with Crippen LogP contribution in [-0.2, 0) is 4.74 Å². The Morgan fingerprint density at radius 3 is 2.55 bits per heavy atom. The van der Waals surface area contributed by atoms with E-state index in [2.05, 4.69) is 40.7 Å². The summed E-state index contributed by atoms with van der Waals surface area (Å²) in [7, 11) is 0. The van der Waals surface area contributed by atoms with E-state index in [1.54, 1.807) is 23.8 Å². The third-order valence-electron chi connectivity index (χ3n) is 11.7. The van der Waals surface area contributed by atoms with Gasteiger partial charge in [-0.2, -0.15) is 0 Å². The van der Waals surface area contributed by atoms with Gasteiger partial charge in [-0.1, -0.05) is 88.7 Å². The SMILES string of the molecule is CC(C)CCC[C@@H](C)[C@@H]1CC[C@@H]2[C@H]3CC=C4C[C@@H](OC(=O)c5ccc(Cl)cc5Cl)CC[C@]4(C)[C@@H]3CC[C@@]21C. The lowest BCUT2D eigenvalue weighted by Gasteiger charge is -2.58. The van der Waals surface area contributed by atoms with Gasteiger partial charge in [-0.3, -0.25) is 0 Å². The van der Waals surface area contributed by atoms with Crippen molar-refractivity contribution in [1.82, 2.24) is 0 Å². The van der Waals surface area contributed by atoms with Crippen molar-refractivity contribution in [2.24, 2.45) is 46.3 Å². The predicted octanol–water partition coefficient (Wildman–Crippen LogP) is 10.6. The minimum Gasteiger partial charge on any atom is -0.458 e. The fourth-order valence-electron chi connectivity index (χ4n) is 9.62. The standard InChI is InChI=1S/C34H48Cl2O2/c1-21(2)7-6-8-22(3)28-13-14-29-26-11-9-23-19-25(38-32(37)27-12-10-24(35)20-31(27)36)15-17-33(23,4)30(26)16-18-34(28,29)5/h9-10,12,20-22,25-26,28-30H,6-8,11,13-19H2,1-5H3/t22-,25+,26-,28+,29-,30-,33+,34-/m1/s1. The third kappa shape index (κ3) is 5.23. The number of ether oxygens (including phenoxy) is 1. The van der Waals surface area contributed by atoms with E-state index in [-0.39, 0.29) is 17.5 Å². The molecule has 2 nitrogen and oxygen atoms in total. The molecule has 0 unspecified atom stereocenters. The summed E-state index contributed by atoms with van der Waals surface area (Å²) in [6.45, 7) is 12.5. The zero-order valence-electron chi connectivity index (χ0n) is 24.2. The molecule has 8 atom stereocenters. The number of fused-ring (bicyclic) bond motifs is 5. The van der Waals surface area contributed by atoms with Crippen LogP contribution in [0.5, 0.6) is 0 Å². The molecule has 0 aliphatic heterocycles. The van der Waals surface area contributed by atoms with E-state index in [9.17, 15) is 4.79 Å². The highest BCUT2D eigenvalue weighted by Gasteiger charge is 2.59. The molecule has 5 rings (SSSR count). The van der Waals surface area contributed by atoms with Gasteiger partial charge in [0.1, 0.15) is 6.10 Å². The average molecular weight is 560 g/mol. The number of carbonyl (C=O) groups is 1. The van der Waals surface area contributed by atoms with Crippen LogP contribution >= 0.6 is 23.2 Å². The van der Waals surface area contributed by atoms with Crippen molar-refractivity contribution < 1.29 is 9.53 Å². The van der Waals surface area contributed by atoms with Crippen molar-refractivity contribution in [3.63, 3.8) is 0 Å². The average Bonchev–Trinajstić information content (AvgIpc) is 3.21. The number of carbonyl (C=O) groups excluding carboxylic acids is 1. The number of hydrogen-bond donors (Lipinski definition) is 0. The van der Waals surface area contributed by atoms with Crippen LogP contribution in [-0.4, -0.2) is 12.1 Å². The van der Waals surface area contributed by atoms with Crippen molar-refractivity contribution in [2.75, 3.05) is 0 Å². The Kier molecular flexibility index (Phi) is 8.35. The molecule has 4 aliphatic carbocycles. The van der Waals surface area contributed by atoms with Crippen LogP contribution in [0.2, 0.25) is 10.0 Å². The molecule has 0 spiro atoms. The highest BCUT2D eigenvalue weighted by Crippen LogP contribution is 2.67. The Bertz CT molecular complexity index is 1060. The molecule has 1 aromatic carbocycles. The largest absolute Gasteiger partial charge is 0.458 e. The van der Waals surface area contributed by atoms with E-state index >= 15 is 0 Å². The highest BCUT2D eigenvalue weighted by molar-refractivity contribution is 6.36. The van der Waals surface area contributed by atoms with E-state index in [4.69, 9.17) is 27.9 Å². The first-order valence-electron chi connectivity index (χ1n) is 15.4. The maximum Gasteiger partial charge on any atom is 0.339 e. The van der Waals surface area contributed by atoms with Gasteiger partial charge in [-0.25, -0.2) is 4.79 Å². The fraction of sp³-hybridized carbons (Fsp3) is 0.735. The molecule has 0 N–H and O–H groups in total. The van der Waals surface area contributed by atoms with E-state index in [1.165, 1.54) is 51.4 Å². The van der Waals surface area contributed by atoms with Gasteiger partial charge in [-0.05, 0) is 109 Å². The summed E-state index contributed by atoms with van der Waals surface area (Å²) in [5.74, 6) is 4.71. The van der Waals surface area contributed by atoms with Crippen LogP contribution in [0.1, 0.15) is 116 Å². The molecule has 0 amide bonds. The summed E-state index contributed by atoms with van der Waals surface area (Å²) in [6, 6.07) is 4.98. The van der Waals surface area contributed by atoms with Crippen LogP contribution in [0, 0.1) is 46.3 Å². The first-order valence-corrected chi connectivity index (χ1v) is 16.1. The number of rotatable bonds is 7. The molecule has 0 radical (unpaired) electrons. The topological polar surface area (TPSA) is 26.3 Å². The first kappa shape index (κ1) is 28.5. The van der Waals surface area contributed by atoms with E-state index in [0.29, 0.717) is 21.0 Å². The molecule has 38 heavy (non-hydrogen) atoms. The zero-order chi connectivity index (χ0) is 27.2. The third-order valence-corrected chi connectivity index (χ3v) is 12.2. The molecular formula is C34H48Cl2O2. The molecule has 4 heteroatoms. The second kappa shape index (κ2) is 11.1. The fourth-order valence-corrected chi connectivity index (χ4v) is 10.1. The maximum atomic E-state index is 12.9. The first-order chi connectivity index (χ1) is 18.0. The lowest BCUT2D eigenvalue weighted by atomic mass is 9.47. The van der Waals surface area contributed by atoms with Gasteiger partial charge >= 0.3 is 5.97 Å². The van der Waals surface area contributed by atoms with Crippen molar-refractivity contribution in [1.29, 1.82) is 0 Å². The molecule has 3 fully saturated rings. The minimum absolute atomic E-state index is 0.0680. The Morgan fingerprint density at radius 2 is 1.82 bits per heavy atom. The maximum absolute atomic E-state index is 12.9. The van der Waals surface area contributed by atoms with Crippen LogP contribution in [0.15, 0.2) is 29.8 Å². The van der Waals surface area contributed by atoms with Crippen LogP contribution in [0.25, 0.3) is 0 Å². The summed E-state index contributed by atoms with van der Waals surface area (Å²) in [6.07, 6.45) is 16.4.